The van der Waals surface area contributed by atoms with Gasteiger partial charge < -0.3 is 14.0 Å². The monoisotopic (exact) mass is 709 g/mol. The molecule has 1 atom stereocenters. The normalized spacial score (nSPS) is 15.4. The van der Waals surface area contributed by atoms with Gasteiger partial charge in [0.1, 0.15) is 23.9 Å². The standard InChI is InChI=1S/C50H35NO2Si/c1-3-16-34(17-4-1)33-54(36-18-5-2-6-19-36)48-28-14-13-27-47(48)53-50-40(23-15-29-49(50)54)42-31-35(30-41-39-22-9-12-26-46(39)52-32-43(41)42)51-44-24-10-7-20-37(44)38-21-8-11-25-45(38)51/h1-31H,32-33H2. The van der Waals surface area contributed by atoms with Gasteiger partial charge in [-0.05, 0) is 74.7 Å². The lowest BCUT2D eigenvalue weighted by Gasteiger charge is -2.40. The third-order valence-corrected chi connectivity index (χ3v) is 16.4. The van der Waals surface area contributed by atoms with Gasteiger partial charge in [-0.1, -0.05) is 152 Å². The van der Waals surface area contributed by atoms with Crippen molar-refractivity contribution >= 4 is 45.4 Å². The topological polar surface area (TPSA) is 23.4 Å². The number of para-hydroxylation sites is 5. The summed E-state index contributed by atoms with van der Waals surface area (Å²) in [6, 6.07) is 69.3. The van der Waals surface area contributed by atoms with Crippen molar-refractivity contribution in [3.05, 3.63) is 199 Å². The van der Waals surface area contributed by atoms with Crippen molar-refractivity contribution in [1.82, 2.24) is 4.57 Å². The minimum Gasteiger partial charge on any atom is -0.488 e. The summed E-state index contributed by atoms with van der Waals surface area (Å²) < 4.78 is 16.2. The van der Waals surface area contributed by atoms with E-state index in [1.165, 1.54) is 54.1 Å². The number of aromatic nitrogens is 1. The number of rotatable bonds is 5. The molecule has 0 radical (unpaired) electrons. The molecule has 3 nitrogen and oxygen atoms in total. The molecule has 1 unspecified atom stereocenters. The highest BCUT2D eigenvalue weighted by Gasteiger charge is 2.47. The number of hydrogen-bond acceptors (Lipinski definition) is 2. The van der Waals surface area contributed by atoms with E-state index >= 15 is 0 Å². The molecule has 54 heavy (non-hydrogen) atoms. The Morgan fingerprint density at radius 2 is 1.06 bits per heavy atom. The smallest absolute Gasteiger partial charge is 0.162 e. The van der Waals surface area contributed by atoms with Crippen LogP contribution in [0.2, 0.25) is 0 Å². The van der Waals surface area contributed by atoms with Crippen LogP contribution in [0.3, 0.4) is 0 Å². The molecule has 0 saturated carbocycles. The Balaban J connectivity index is 1.23. The Labute approximate surface area is 315 Å². The van der Waals surface area contributed by atoms with Crippen molar-refractivity contribution in [2.75, 3.05) is 0 Å². The lowest BCUT2D eigenvalue weighted by Crippen LogP contribution is -2.70. The fourth-order valence-electron chi connectivity index (χ4n) is 9.17. The third-order valence-electron chi connectivity index (χ3n) is 11.5. The Kier molecular flexibility index (Phi) is 7.01. The first-order chi connectivity index (χ1) is 26.8. The highest BCUT2D eigenvalue weighted by Crippen LogP contribution is 2.47. The van der Waals surface area contributed by atoms with Crippen LogP contribution < -0.4 is 25.0 Å². The molecule has 2 aliphatic rings. The van der Waals surface area contributed by atoms with E-state index in [4.69, 9.17) is 9.47 Å². The second kappa shape index (κ2) is 12.2. The highest BCUT2D eigenvalue weighted by atomic mass is 28.3. The maximum Gasteiger partial charge on any atom is 0.162 e. The summed E-state index contributed by atoms with van der Waals surface area (Å²) in [6.07, 6.45) is 0. The summed E-state index contributed by atoms with van der Waals surface area (Å²) in [5.41, 5.74) is 10.5. The summed E-state index contributed by atoms with van der Waals surface area (Å²) in [4.78, 5) is 0. The predicted molar refractivity (Wildman–Crippen MR) is 224 cm³/mol. The lowest BCUT2D eigenvalue weighted by molar-refractivity contribution is 0.303. The molecular formula is C50H35NO2Si. The van der Waals surface area contributed by atoms with E-state index in [0.29, 0.717) is 6.61 Å². The van der Waals surface area contributed by atoms with Crippen molar-refractivity contribution in [2.24, 2.45) is 0 Å². The summed E-state index contributed by atoms with van der Waals surface area (Å²) in [5.74, 6) is 2.80. The molecule has 0 saturated heterocycles. The Morgan fingerprint density at radius 3 is 1.81 bits per heavy atom. The fourth-order valence-corrected chi connectivity index (χ4v) is 14.2. The van der Waals surface area contributed by atoms with Crippen LogP contribution in [0.25, 0.3) is 49.7 Å². The van der Waals surface area contributed by atoms with E-state index in [2.05, 4.69) is 193 Å². The molecule has 0 bridgehead atoms. The quantitative estimate of drug-likeness (QED) is 0.166. The zero-order valence-corrected chi connectivity index (χ0v) is 30.6. The molecule has 0 spiro atoms. The van der Waals surface area contributed by atoms with Gasteiger partial charge in [-0.2, -0.15) is 0 Å². The molecule has 0 fully saturated rings. The van der Waals surface area contributed by atoms with Crippen molar-refractivity contribution in [2.45, 2.75) is 12.7 Å². The van der Waals surface area contributed by atoms with Crippen LogP contribution in [0.15, 0.2) is 188 Å². The van der Waals surface area contributed by atoms with Crippen molar-refractivity contribution in [3.63, 3.8) is 0 Å². The molecular weight excluding hydrogens is 675 g/mol. The number of nitrogens with zero attached hydrogens (tertiary/aromatic N) is 1. The average Bonchev–Trinajstić information content (AvgIpc) is 3.58. The predicted octanol–water partition coefficient (Wildman–Crippen LogP) is 10.4. The number of benzene rings is 8. The molecule has 256 valence electrons. The van der Waals surface area contributed by atoms with E-state index < -0.39 is 8.07 Å². The van der Waals surface area contributed by atoms with Crippen LogP contribution in [0, 0.1) is 0 Å². The molecule has 2 aliphatic heterocycles. The Hall–Kier alpha value is -6.62. The summed E-state index contributed by atoms with van der Waals surface area (Å²) >= 11 is 0. The van der Waals surface area contributed by atoms with Gasteiger partial charge in [-0.15, -0.1) is 0 Å². The zero-order chi connectivity index (χ0) is 35.6. The SMILES string of the molecule is c1ccc(C[Si]2(c3ccccc3)c3ccccc3Oc3c(-c4cc(-n5c6ccccc6c6ccccc65)cc5c4COc4ccccc4-5)cccc32)cc1. The van der Waals surface area contributed by atoms with Crippen LogP contribution in [0.1, 0.15) is 11.1 Å². The first-order valence-electron chi connectivity index (χ1n) is 18.7. The van der Waals surface area contributed by atoms with Crippen LogP contribution in [-0.2, 0) is 12.7 Å². The first kappa shape index (κ1) is 31.0. The van der Waals surface area contributed by atoms with E-state index in [1.54, 1.807) is 0 Å². The molecule has 4 heteroatoms. The molecule has 11 rings (SSSR count). The fraction of sp³-hybridized carbons (Fsp3) is 0.0400. The van der Waals surface area contributed by atoms with Gasteiger partial charge in [0, 0.05) is 33.2 Å². The molecule has 1 aromatic heterocycles. The van der Waals surface area contributed by atoms with E-state index in [0.717, 1.165) is 45.7 Å². The zero-order valence-electron chi connectivity index (χ0n) is 29.6. The van der Waals surface area contributed by atoms with Crippen molar-refractivity contribution < 1.29 is 9.47 Å². The summed E-state index contributed by atoms with van der Waals surface area (Å²) in [7, 11) is -2.70. The van der Waals surface area contributed by atoms with Crippen LogP contribution in [0.4, 0.5) is 0 Å². The number of hydrogen-bond donors (Lipinski definition) is 0. The molecule has 0 aliphatic carbocycles. The van der Waals surface area contributed by atoms with Crippen molar-refractivity contribution in [1.29, 1.82) is 0 Å². The number of ether oxygens (including phenoxy) is 2. The highest BCUT2D eigenvalue weighted by molar-refractivity contribution is 7.12. The summed E-state index contributed by atoms with van der Waals surface area (Å²) in [6.45, 7) is 0.473. The van der Waals surface area contributed by atoms with Crippen molar-refractivity contribution in [3.8, 4) is 45.2 Å². The lowest BCUT2D eigenvalue weighted by atomic mass is 9.89. The van der Waals surface area contributed by atoms with Crippen LogP contribution in [0.5, 0.6) is 17.2 Å². The van der Waals surface area contributed by atoms with E-state index in [9.17, 15) is 0 Å². The number of fused-ring (bicyclic) bond motifs is 8. The van der Waals surface area contributed by atoms with Gasteiger partial charge >= 0.3 is 0 Å². The van der Waals surface area contributed by atoms with E-state index in [1.807, 2.05) is 0 Å². The minimum absolute atomic E-state index is 0.473. The molecule has 0 N–H and O–H groups in total. The Bertz CT molecular complexity index is 2840. The van der Waals surface area contributed by atoms with Gasteiger partial charge in [0.25, 0.3) is 0 Å². The van der Waals surface area contributed by atoms with Crippen LogP contribution >= 0.6 is 0 Å². The van der Waals surface area contributed by atoms with Gasteiger partial charge in [0.05, 0.1) is 11.0 Å². The second-order valence-electron chi connectivity index (χ2n) is 14.4. The Morgan fingerprint density at radius 1 is 0.481 bits per heavy atom. The van der Waals surface area contributed by atoms with Gasteiger partial charge in [-0.25, -0.2) is 0 Å². The largest absolute Gasteiger partial charge is 0.488 e. The summed E-state index contributed by atoms with van der Waals surface area (Å²) in [5, 5.41) is 6.46. The van der Waals surface area contributed by atoms with Gasteiger partial charge in [0.15, 0.2) is 8.07 Å². The minimum atomic E-state index is -2.70. The molecule has 8 aromatic carbocycles. The second-order valence-corrected chi connectivity index (χ2v) is 18.2. The molecule has 9 aromatic rings. The van der Waals surface area contributed by atoms with E-state index in [-0.39, 0.29) is 0 Å². The maximum atomic E-state index is 7.20. The average molecular weight is 710 g/mol. The van der Waals surface area contributed by atoms with Gasteiger partial charge in [-0.3, -0.25) is 0 Å². The maximum absolute atomic E-state index is 7.20. The third kappa shape index (κ3) is 4.60. The van der Waals surface area contributed by atoms with Crippen LogP contribution in [-0.4, -0.2) is 12.6 Å². The molecule has 0 amide bonds. The van der Waals surface area contributed by atoms with Gasteiger partial charge in [0.2, 0.25) is 0 Å². The first-order valence-corrected chi connectivity index (χ1v) is 20.9. The molecule has 3 heterocycles.